The fraction of sp³-hybridized carbons (Fsp3) is 0.750. The molecule has 3 aliphatic heterocycles. The van der Waals surface area contributed by atoms with Crippen LogP contribution in [0.4, 0.5) is 0 Å². The first kappa shape index (κ1) is 21.6. The summed E-state index contributed by atoms with van der Waals surface area (Å²) in [7, 11) is 0. The fourth-order valence-electron chi connectivity index (χ4n) is 4.36. The monoisotopic (exact) mass is 561 g/mol. The molecule has 2 bridgehead atoms. The van der Waals surface area contributed by atoms with Gasteiger partial charge in [0.05, 0.1) is 17.8 Å². The van der Waals surface area contributed by atoms with Gasteiger partial charge in [-0.15, -0.1) is 0 Å². The minimum Gasteiger partial charge on any atom is -0.456 e. The maximum absolute atomic E-state index is 12.0. The smallest absolute Gasteiger partial charge is 0.334 e. The van der Waals surface area contributed by atoms with Gasteiger partial charge >= 0.3 is 5.97 Å². The molecule has 3 aliphatic rings. The summed E-state index contributed by atoms with van der Waals surface area (Å²) >= 11 is 0. The third-order valence-corrected chi connectivity index (χ3v) is 6.09. The molecule has 25 heavy (non-hydrogen) atoms. The number of allylic oxidation sites excluding steroid dienone is 2. The minimum absolute atomic E-state index is 0. The number of ether oxygens (including phenoxy) is 2. The maximum atomic E-state index is 12.0. The van der Waals surface area contributed by atoms with Crippen molar-refractivity contribution in [1.29, 1.82) is 0 Å². The van der Waals surface area contributed by atoms with Crippen molar-refractivity contribution < 1.29 is 63.4 Å². The number of carbonyl (C=O) groups excluding carboxylic acids is 1. The average Bonchev–Trinajstić information content (AvgIpc) is 2.80. The van der Waals surface area contributed by atoms with Crippen molar-refractivity contribution in [1.82, 2.24) is 0 Å². The van der Waals surface area contributed by atoms with Crippen molar-refractivity contribution in [2.24, 2.45) is 11.8 Å². The summed E-state index contributed by atoms with van der Waals surface area (Å²) in [6.45, 7) is 10.1. The van der Waals surface area contributed by atoms with Crippen LogP contribution in [0.15, 0.2) is 23.8 Å². The van der Waals surface area contributed by atoms with Crippen LogP contribution in [-0.2, 0) is 14.3 Å². The van der Waals surface area contributed by atoms with E-state index >= 15 is 0 Å². The van der Waals surface area contributed by atoms with Crippen molar-refractivity contribution in [3.63, 3.8) is 0 Å². The minimum atomic E-state index is -0.912. The molecule has 137 valence electrons. The average molecular weight is 561 g/mol. The Hall–Kier alpha value is 0.312. The molecule has 5 heteroatoms. The number of esters is 1. The molecule has 6 atom stereocenters. The van der Waals surface area contributed by atoms with Crippen molar-refractivity contribution >= 4 is 5.97 Å². The molecule has 0 aliphatic carbocycles. The standard InChI is InChI=1S/C20H30O4.Ac/c1-12-7-5-9-13(2)17-18-15(14(3)19(21)24-18)11-16(23-17)20(4,22)10-6-8-12;/h8,13,15-18,22H,3,5-7,9-11H2,1-2,4H3;/b12-8+;/t13?,15-,16?,17?,18?,20-;/m0./s1. The van der Waals surface area contributed by atoms with Gasteiger partial charge in [0, 0.05) is 55.6 Å². The van der Waals surface area contributed by atoms with Crippen LogP contribution in [-0.4, -0.2) is 35.0 Å². The van der Waals surface area contributed by atoms with E-state index in [-0.39, 0.29) is 80.2 Å². The van der Waals surface area contributed by atoms with Gasteiger partial charge in [-0.1, -0.05) is 25.2 Å². The van der Waals surface area contributed by atoms with Crippen LogP contribution in [0.25, 0.3) is 0 Å². The Labute approximate surface area is 187 Å². The third kappa shape index (κ3) is 4.60. The first-order chi connectivity index (χ1) is 11.3. The molecule has 0 saturated carbocycles. The summed E-state index contributed by atoms with van der Waals surface area (Å²) in [5, 5.41) is 11.0. The van der Waals surface area contributed by atoms with Gasteiger partial charge in [-0.25, -0.2) is 4.79 Å². The van der Waals surface area contributed by atoms with Crippen molar-refractivity contribution in [3.05, 3.63) is 23.8 Å². The Kier molecular flexibility index (Phi) is 7.39. The molecule has 0 spiro atoms. The molecule has 3 rings (SSSR count). The summed E-state index contributed by atoms with van der Waals surface area (Å²) in [6, 6.07) is 0. The molecule has 4 nitrogen and oxygen atoms in total. The van der Waals surface area contributed by atoms with Gasteiger partial charge in [-0.3, -0.25) is 0 Å². The molecule has 3 heterocycles. The predicted octanol–water partition coefficient (Wildman–Crippen LogP) is 3.54. The number of hydrogen-bond acceptors (Lipinski definition) is 4. The van der Waals surface area contributed by atoms with Crippen molar-refractivity contribution in [3.8, 4) is 0 Å². The Morgan fingerprint density at radius 3 is 2.80 bits per heavy atom. The first-order valence-corrected chi connectivity index (χ1v) is 9.23. The van der Waals surface area contributed by atoms with Crippen LogP contribution in [0.2, 0.25) is 0 Å². The van der Waals surface area contributed by atoms with Gasteiger partial charge in [0.15, 0.2) is 0 Å². The normalized spacial score (nSPS) is 44.3. The first-order valence-electron chi connectivity index (χ1n) is 9.23. The van der Waals surface area contributed by atoms with Crippen LogP contribution in [0.3, 0.4) is 0 Å². The van der Waals surface area contributed by atoms with Crippen molar-refractivity contribution in [2.45, 2.75) is 83.2 Å². The second kappa shape index (κ2) is 8.55. The quantitative estimate of drug-likeness (QED) is 0.280. The summed E-state index contributed by atoms with van der Waals surface area (Å²) in [5.41, 5.74) is 1.03. The van der Waals surface area contributed by atoms with Crippen LogP contribution >= 0.6 is 0 Å². The molecule has 2 saturated heterocycles. The van der Waals surface area contributed by atoms with Gasteiger partial charge in [0.25, 0.3) is 0 Å². The molecular formula is C20H30AcO4. The molecule has 0 amide bonds. The predicted molar refractivity (Wildman–Crippen MR) is 92.4 cm³/mol. The fourth-order valence-corrected chi connectivity index (χ4v) is 4.36. The topological polar surface area (TPSA) is 55.8 Å². The zero-order chi connectivity index (χ0) is 17.5. The third-order valence-electron chi connectivity index (χ3n) is 6.09. The Morgan fingerprint density at radius 1 is 1.36 bits per heavy atom. The molecular weight excluding hydrogens is 531 g/mol. The molecule has 0 aromatic heterocycles. The maximum Gasteiger partial charge on any atom is 0.334 e. The molecule has 1 N–H and O–H groups in total. The Balaban J connectivity index is 0.00000225. The largest absolute Gasteiger partial charge is 0.456 e. The van der Waals surface area contributed by atoms with E-state index in [0.29, 0.717) is 18.4 Å². The van der Waals surface area contributed by atoms with E-state index in [1.165, 1.54) is 5.57 Å². The van der Waals surface area contributed by atoms with Crippen LogP contribution in [0, 0.1) is 55.9 Å². The van der Waals surface area contributed by atoms with Crippen LogP contribution in [0.1, 0.15) is 59.3 Å². The van der Waals surface area contributed by atoms with Gasteiger partial charge in [-0.05, 0) is 58.3 Å². The van der Waals surface area contributed by atoms with Gasteiger partial charge < -0.3 is 14.6 Å². The van der Waals surface area contributed by atoms with E-state index in [0.717, 1.165) is 25.7 Å². The van der Waals surface area contributed by atoms with E-state index < -0.39 is 5.60 Å². The molecule has 0 aromatic rings. The van der Waals surface area contributed by atoms with Gasteiger partial charge in [0.1, 0.15) is 6.10 Å². The number of aliphatic hydroxyl groups is 1. The van der Waals surface area contributed by atoms with E-state index in [1.807, 2.05) is 6.92 Å². The SMILES string of the molecule is C=C1C(=O)OC2C3OC(C[C@@H]12)[C@@](C)(O)CC/C=C(\C)CCCC3C.[Ac]. The van der Waals surface area contributed by atoms with Crippen molar-refractivity contribution in [2.75, 3.05) is 0 Å². The van der Waals surface area contributed by atoms with Crippen LogP contribution < -0.4 is 0 Å². The Bertz CT molecular complexity index is 554. The summed E-state index contributed by atoms with van der Waals surface area (Å²) < 4.78 is 11.9. The van der Waals surface area contributed by atoms with E-state index in [1.54, 1.807) is 0 Å². The molecule has 4 unspecified atom stereocenters. The van der Waals surface area contributed by atoms with E-state index in [4.69, 9.17) is 9.47 Å². The van der Waals surface area contributed by atoms with Gasteiger partial charge in [-0.2, -0.15) is 0 Å². The summed E-state index contributed by atoms with van der Waals surface area (Å²) in [5.74, 6) is -0.0506. The molecule has 0 aromatic carbocycles. The zero-order valence-electron chi connectivity index (χ0n) is 15.7. The number of hydrogen-bond donors (Lipinski definition) is 1. The number of rotatable bonds is 0. The number of carbonyl (C=O) groups is 1. The van der Waals surface area contributed by atoms with E-state index in [2.05, 4.69) is 26.5 Å². The summed E-state index contributed by atoms with van der Waals surface area (Å²) in [4.78, 5) is 12.0. The summed E-state index contributed by atoms with van der Waals surface area (Å²) in [6.07, 6.45) is 6.87. The van der Waals surface area contributed by atoms with E-state index in [9.17, 15) is 9.90 Å². The molecule has 2 fully saturated rings. The van der Waals surface area contributed by atoms with Crippen LogP contribution in [0.5, 0.6) is 0 Å². The Morgan fingerprint density at radius 2 is 2.08 bits per heavy atom. The zero-order valence-corrected chi connectivity index (χ0v) is 20.4. The molecule has 1 radical (unpaired) electrons. The second-order valence-corrected chi connectivity index (χ2v) is 8.14. The van der Waals surface area contributed by atoms with Gasteiger partial charge in [0.2, 0.25) is 0 Å². The second-order valence-electron chi connectivity index (χ2n) is 8.14. The number of fused-ring (bicyclic) bond motifs is 4.